The summed E-state index contributed by atoms with van der Waals surface area (Å²) in [6, 6.07) is 0.351. The maximum absolute atomic E-state index is 11.2. The molecule has 16 heavy (non-hydrogen) atoms. The van der Waals surface area contributed by atoms with Crippen molar-refractivity contribution in [3.05, 3.63) is 0 Å². The molecule has 0 amide bonds. The predicted molar refractivity (Wildman–Crippen MR) is 56.7 cm³/mol. The van der Waals surface area contributed by atoms with E-state index in [4.69, 9.17) is 18.8 Å². The molecule has 4 aliphatic rings. The summed E-state index contributed by atoms with van der Waals surface area (Å²) in [5.41, 5.74) is 3.32. The third-order valence-corrected chi connectivity index (χ3v) is 4.47. The Labute approximate surface area is 112 Å². The van der Waals surface area contributed by atoms with Crippen LogP contribution in [0.5, 0.6) is 0 Å². The average molecular weight is 467 g/mol. The van der Waals surface area contributed by atoms with Crippen molar-refractivity contribution < 1.29 is 25.9 Å². The molecule has 0 aromatic carbocycles. The number of hydrogen-bond donors (Lipinski definition) is 1. The normalized spacial score (nSPS) is 45.2. The van der Waals surface area contributed by atoms with E-state index in [1.807, 2.05) is 5.01 Å². The Kier molecular flexibility index (Phi) is 4.65. The number of nitrogens with one attached hydrogen (secondary N) is 1. The molecule has 0 aromatic heterocycles. The third kappa shape index (κ3) is 2.62. The van der Waals surface area contributed by atoms with Crippen LogP contribution in [-0.4, -0.2) is 47.4 Å². The predicted octanol–water partition coefficient (Wildman–Crippen LogP) is 0.0700. The van der Waals surface area contributed by atoms with E-state index < -0.39 is 29.7 Å². The molecule has 1 N–H and O–H groups in total. The summed E-state index contributed by atoms with van der Waals surface area (Å²) < 4.78 is 11.2. The Balaban J connectivity index is 0.000000292. The molecular weight excluding hydrogens is 455 g/mol. The number of halogens is 2. The van der Waals surface area contributed by atoms with E-state index in [2.05, 4.69) is 10.3 Å². The Morgan fingerprint density at radius 2 is 2.19 bits per heavy atom. The van der Waals surface area contributed by atoms with Gasteiger partial charge in [0, 0.05) is 19.0 Å². The first kappa shape index (κ1) is 13.6. The van der Waals surface area contributed by atoms with Crippen molar-refractivity contribution >= 4 is 26.9 Å². The minimum absolute atomic E-state index is 0.351. The van der Waals surface area contributed by atoms with Gasteiger partial charge in [0.25, 0.3) is 0 Å². The zero-order chi connectivity index (χ0) is 11.8. The van der Waals surface area contributed by atoms with Crippen molar-refractivity contribution in [3.63, 3.8) is 0 Å². The van der Waals surface area contributed by atoms with Gasteiger partial charge >= 0.3 is 43.3 Å². The molecule has 4 heterocycles. The molecule has 5 atom stereocenters. The molecule has 4 bridgehead atoms. The quantitative estimate of drug-likeness (QED) is 0.554. The second-order valence-electron chi connectivity index (χ2n) is 4.41. The zero-order valence-electron chi connectivity index (χ0n) is 8.34. The second-order valence-corrected chi connectivity index (χ2v) is 9.15. The summed E-state index contributed by atoms with van der Waals surface area (Å²) >= 11 is -0.472. The standard InChI is InChI=1S/C7H12N3O2P.2ClH.Pt/c11-13(12)7-1-6-2-9(3-7)5-10(4-7)8-6;;;/h6,8H,1-5H2;2*1H;/q;;;+2/p-2. The van der Waals surface area contributed by atoms with E-state index in [0.29, 0.717) is 12.6 Å². The van der Waals surface area contributed by atoms with Crippen LogP contribution in [0.2, 0.25) is 0 Å². The summed E-state index contributed by atoms with van der Waals surface area (Å²) in [5, 5.41) is 1.58. The molecule has 0 aliphatic carbocycles. The number of piperidine rings is 1. The fourth-order valence-corrected chi connectivity index (χ4v) is 3.84. The van der Waals surface area contributed by atoms with Crippen molar-refractivity contribution in [2.75, 3.05) is 26.3 Å². The van der Waals surface area contributed by atoms with Crippen LogP contribution in [0.25, 0.3) is 0 Å². The van der Waals surface area contributed by atoms with Crippen LogP contribution in [0.1, 0.15) is 6.42 Å². The van der Waals surface area contributed by atoms with Gasteiger partial charge in [-0.3, -0.25) is 4.90 Å². The first-order valence-corrected chi connectivity index (χ1v) is 11.6. The van der Waals surface area contributed by atoms with E-state index in [1.165, 1.54) is 0 Å². The molecule has 4 saturated heterocycles. The first-order chi connectivity index (χ1) is 7.59. The molecule has 0 radical (unpaired) electrons. The number of hydrazine groups is 1. The molecule has 0 saturated carbocycles. The minimum atomic E-state index is -2.30. The molecule has 0 aromatic rings. The van der Waals surface area contributed by atoms with Crippen LogP contribution < -0.4 is 10.3 Å². The molecule has 5 nitrogen and oxygen atoms in total. The van der Waals surface area contributed by atoms with Crippen LogP contribution in [0.15, 0.2) is 0 Å². The van der Waals surface area contributed by atoms with Gasteiger partial charge in [0.15, 0.2) is 5.16 Å². The molecule has 0 spiro atoms. The summed E-state index contributed by atoms with van der Waals surface area (Å²) in [4.78, 5) is 13.4. The monoisotopic (exact) mass is 466 g/mol. The van der Waals surface area contributed by atoms with Gasteiger partial charge in [-0.05, 0) is 0 Å². The third-order valence-electron chi connectivity index (χ3n) is 3.23. The number of rotatable bonds is 1. The Bertz CT molecular complexity index is 262. The fourth-order valence-electron chi connectivity index (χ4n) is 2.87. The molecule has 4 rings (SSSR count). The Hall–Kier alpha value is 1.21. The molecule has 4 aliphatic heterocycles. The van der Waals surface area contributed by atoms with Gasteiger partial charge in [0.2, 0.25) is 0 Å². The topological polar surface area (TPSA) is 58.6 Å². The van der Waals surface area contributed by atoms with E-state index in [1.54, 1.807) is 0 Å². The van der Waals surface area contributed by atoms with E-state index >= 15 is 0 Å². The van der Waals surface area contributed by atoms with Gasteiger partial charge in [0.05, 0.1) is 19.8 Å². The summed E-state index contributed by atoms with van der Waals surface area (Å²) in [7, 11) is 7.45. The van der Waals surface area contributed by atoms with Crippen LogP contribution in [0.3, 0.4) is 0 Å². The number of hydrogen-bond acceptors (Lipinski definition) is 5. The van der Waals surface area contributed by atoms with Gasteiger partial charge < -0.3 is 4.89 Å². The summed E-state index contributed by atoms with van der Waals surface area (Å²) in [6.07, 6.45) is 0.790. The fraction of sp³-hybridized carbons (Fsp3) is 1.00. The zero-order valence-corrected chi connectivity index (χ0v) is 13.0. The van der Waals surface area contributed by atoms with E-state index in [9.17, 15) is 9.46 Å². The van der Waals surface area contributed by atoms with Gasteiger partial charge in [-0.15, -0.1) is 0 Å². The second kappa shape index (κ2) is 5.46. The van der Waals surface area contributed by atoms with Crippen LogP contribution >= 0.6 is 26.9 Å². The van der Waals surface area contributed by atoms with Crippen LogP contribution in [0, 0.1) is 0 Å². The van der Waals surface area contributed by atoms with E-state index in [-0.39, 0.29) is 0 Å². The summed E-state index contributed by atoms with van der Waals surface area (Å²) in [5.74, 6) is 0. The molecule has 9 heteroatoms. The molecule has 5 unspecified atom stereocenters. The van der Waals surface area contributed by atoms with Crippen molar-refractivity contribution in [2.45, 2.75) is 17.6 Å². The van der Waals surface area contributed by atoms with E-state index in [0.717, 1.165) is 26.2 Å². The van der Waals surface area contributed by atoms with Crippen LogP contribution in [-0.2, 0) is 21.0 Å². The van der Waals surface area contributed by atoms with Gasteiger partial charge in [0.1, 0.15) is 0 Å². The van der Waals surface area contributed by atoms with Crippen molar-refractivity contribution in [3.8, 4) is 0 Å². The van der Waals surface area contributed by atoms with Crippen molar-refractivity contribution in [1.29, 1.82) is 0 Å². The molecule has 4 fully saturated rings. The SMILES string of the molecule is O=[P+]([O-])C12CC3CN(CN(C1)N3)C2.[Cl][Pt][Cl]. The summed E-state index contributed by atoms with van der Waals surface area (Å²) in [6.45, 7) is 3.28. The Morgan fingerprint density at radius 1 is 1.50 bits per heavy atom. The molecule has 96 valence electrons. The maximum atomic E-state index is 11.2. The average Bonchev–Trinajstić information content (AvgIpc) is 2.16. The van der Waals surface area contributed by atoms with Gasteiger partial charge in [-0.2, -0.15) is 0 Å². The Morgan fingerprint density at radius 3 is 2.69 bits per heavy atom. The van der Waals surface area contributed by atoms with Crippen molar-refractivity contribution in [1.82, 2.24) is 15.3 Å². The number of nitrogens with zero attached hydrogens (tertiary/aromatic N) is 2. The van der Waals surface area contributed by atoms with Crippen molar-refractivity contribution in [2.24, 2.45) is 0 Å². The van der Waals surface area contributed by atoms with Gasteiger partial charge in [-0.1, -0.05) is 4.57 Å². The first-order valence-electron chi connectivity index (χ1n) is 4.80. The molecular formula is C7H12Cl2N3O2PPt. The van der Waals surface area contributed by atoms with Crippen LogP contribution in [0.4, 0.5) is 0 Å². The van der Waals surface area contributed by atoms with Gasteiger partial charge in [-0.25, -0.2) is 10.4 Å².